The molecule has 0 amide bonds. The second kappa shape index (κ2) is 7.13. The van der Waals surface area contributed by atoms with Crippen LogP contribution in [0.2, 0.25) is 0 Å². The van der Waals surface area contributed by atoms with Crippen LogP contribution in [-0.2, 0) is 4.74 Å². The Morgan fingerprint density at radius 2 is 2.22 bits per heavy atom. The Bertz CT molecular complexity index is 356. The molecule has 0 atom stereocenters. The molecule has 1 aliphatic heterocycles. The summed E-state index contributed by atoms with van der Waals surface area (Å²) in [5.74, 6) is 1.42. The Morgan fingerprint density at radius 3 is 3.00 bits per heavy atom. The number of anilines is 1. The van der Waals surface area contributed by atoms with Crippen LogP contribution in [0.4, 0.5) is 5.82 Å². The summed E-state index contributed by atoms with van der Waals surface area (Å²) in [6, 6.07) is 1.82. The lowest BCUT2D eigenvalue weighted by Gasteiger charge is -2.26. The smallest absolute Gasteiger partial charge is 0.218 e. The van der Waals surface area contributed by atoms with Crippen molar-refractivity contribution in [1.29, 1.82) is 0 Å². The van der Waals surface area contributed by atoms with Crippen LogP contribution in [0.1, 0.15) is 6.92 Å². The van der Waals surface area contributed by atoms with Gasteiger partial charge >= 0.3 is 0 Å². The van der Waals surface area contributed by atoms with E-state index >= 15 is 0 Å². The van der Waals surface area contributed by atoms with Crippen LogP contribution in [0, 0.1) is 0 Å². The van der Waals surface area contributed by atoms with Crippen LogP contribution in [-0.4, -0.2) is 60.9 Å². The number of hydrogen-bond acceptors (Lipinski definition) is 6. The summed E-state index contributed by atoms with van der Waals surface area (Å²) in [6.07, 6.45) is 1.52. The first-order valence-electron chi connectivity index (χ1n) is 6.37. The molecule has 1 fully saturated rings. The number of nitrogens with zero attached hydrogens (tertiary/aromatic N) is 3. The van der Waals surface area contributed by atoms with Crippen molar-refractivity contribution in [2.75, 3.05) is 51.3 Å². The first-order valence-corrected chi connectivity index (χ1v) is 6.37. The summed E-state index contributed by atoms with van der Waals surface area (Å²) in [5, 5.41) is 3.28. The third kappa shape index (κ3) is 4.12. The summed E-state index contributed by atoms with van der Waals surface area (Å²) in [7, 11) is 0. The highest BCUT2D eigenvalue weighted by molar-refractivity contribution is 5.36. The quantitative estimate of drug-likeness (QED) is 0.801. The van der Waals surface area contributed by atoms with E-state index in [0.717, 1.165) is 45.2 Å². The number of rotatable bonds is 6. The largest absolute Gasteiger partial charge is 0.478 e. The SMILES string of the molecule is CCOc1cc(NCCN2CCOCC2)ncn1. The Kier molecular flexibility index (Phi) is 5.16. The van der Waals surface area contributed by atoms with Crippen molar-refractivity contribution in [2.45, 2.75) is 6.92 Å². The minimum atomic E-state index is 0.612. The maximum absolute atomic E-state index is 5.32. The molecule has 0 unspecified atom stereocenters. The van der Waals surface area contributed by atoms with Crippen LogP contribution in [0.25, 0.3) is 0 Å². The van der Waals surface area contributed by atoms with Crippen LogP contribution >= 0.6 is 0 Å². The van der Waals surface area contributed by atoms with E-state index < -0.39 is 0 Å². The minimum Gasteiger partial charge on any atom is -0.478 e. The van der Waals surface area contributed by atoms with E-state index in [2.05, 4.69) is 20.2 Å². The van der Waals surface area contributed by atoms with Gasteiger partial charge in [0.25, 0.3) is 0 Å². The van der Waals surface area contributed by atoms with E-state index in [1.807, 2.05) is 13.0 Å². The van der Waals surface area contributed by atoms with Crippen LogP contribution in [0.5, 0.6) is 5.88 Å². The Hall–Kier alpha value is -1.40. The molecule has 2 rings (SSSR count). The van der Waals surface area contributed by atoms with Crippen LogP contribution < -0.4 is 10.1 Å². The maximum Gasteiger partial charge on any atom is 0.218 e. The molecule has 6 nitrogen and oxygen atoms in total. The van der Waals surface area contributed by atoms with E-state index in [1.165, 1.54) is 6.33 Å². The predicted molar refractivity (Wildman–Crippen MR) is 68.9 cm³/mol. The molecule has 0 bridgehead atoms. The van der Waals surface area contributed by atoms with Gasteiger partial charge in [0.2, 0.25) is 5.88 Å². The Morgan fingerprint density at radius 1 is 1.39 bits per heavy atom. The fraction of sp³-hybridized carbons (Fsp3) is 0.667. The molecule has 1 aliphatic rings. The summed E-state index contributed by atoms with van der Waals surface area (Å²) < 4.78 is 10.6. The Labute approximate surface area is 107 Å². The molecule has 100 valence electrons. The van der Waals surface area contributed by atoms with Crippen LogP contribution in [0.15, 0.2) is 12.4 Å². The van der Waals surface area contributed by atoms with Crippen molar-refractivity contribution >= 4 is 5.82 Å². The van der Waals surface area contributed by atoms with Gasteiger partial charge < -0.3 is 14.8 Å². The van der Waals surface area contributed by atoms with Crippen molar-refractivity contribution in [1.82, 2.24) is 14.9 Å². The molecule has 1 aromatic rings. The van der Waals surface area contributed by atoms with Crippen LogP contribution in [0.3, 0.4) is 0 Å². The molecule has 18 heavy (non-hydrogen) atoms. The minimum absolute atomic E-state index is 0.612. The highest BCUT2D eigenvalue weighted by atomic mass is 16.5. The van der Waals surface area contributed by atoms with E-state index in [0.29, 0.717) is 12.5 Å². The molecule has 2 heterocycles. The summed E-state index contributed by atoms with van der Waals surface area (Å²) >= 11 is 0. The lowest BCUT2D eigenvalue weighted by atomic mass is 10.4. The maximum atomic E-state index is 5.32. The zero-order valence-corrected chi connectivity index (χ0v) is 10.8. The number of aromatic nitrogens is 2. The van der Waals surface area contributed by atoms with E-state index in [4.69, 9.17) is 9.47 Å². The van der Waals surface area contributed by atoms with Gasteiger partial charge in [0.05, 0.1) is 19.8 Å². The van der Waals surface area contributed by atoms with Gasteiger partial charge in [0, 0.05) is 32.2 Å². The monoisotopic (exact) mass is 252 g/mol. The fourth-order valence-corrected chi connectivity index (χ4v) is 1.83. The summed E-state index contributed by atoms with van der Waals surface area (Å²) in [5.41, 5.74) is 0. The number of ether oxygens (including phenoxy) is 2. The van der Waals surface area contributed by atoms with Gasteiger partial charge in [0.1, 0.15) is 12.1 Å². The summed E-state index contributed by atoms with van der Waals surface area (Å²) in [4.78, 5) is 10.6. The average molecular weight is 252 g/mol. The van der Waals surface area contributed by atoms with Crippen molar-refractivity contribution in [3.8, 4) is 5.88 Å². The molecule has 0 saturated carbocycles. The standard InChI is InChI=1S/C12H20N4O2/c1-2-18-12-9-11(14-10-15-12)13-3-4-16-5-7-17-8-6-16/h9-10H,2-8H2,1H3,(H,13,14,15). The number of hydrogen-bond donors (Lipinski definition) is 1. The summed E-state index contributed by atoms with van der Waals surface area (Å²) in [6.45, 7) is 8.10. The highest BCUT2D eigenvalue weighted by Crippen LogP contribution is 2.10. The van der Waals surface area contributed by atoms with Gasteiger partial charge in [-0.15, -0.1) is 0 Å². The van der Waals surface area contributed by atoms with Crippen molar-refractivity contribution < 1.29 is 9.47 Å². The molecule has 0 aromatic carbocycles. The second-order valence-corrected chi connectivity index (χ2v) is 4.06. The van der Waals surface area contributed by atoms with Crippen molar-refractivity contribution in [3.63, 3.8) is 0 Å². The Balaban J connectivity index is 1.73. The lowest BCUT2D eigenvalue weighted by molar-refractivity contribution is 0.0398. The fourth-order valence-electron chi connectivity index (χ4n) is 1.83. The van der Waals surface area contributed by atoms with Gasteiger partial charge in [-0.25, -0.2) is 9.97 Å². The third-order valence-electron chi connectivity index (χ3n) is 2.77. The van der Waals surface area contributed by atoms with Gasteiger partial charge in [-0.2, -0.15) is 0 Å². The molecule has 1 saturated heterocycles. The number of nitrogens with one attached hydrogen (secondary N) is 1. The van der Waals surface area contributed by atoms with Gasteiger partial charge in [-0.05, 0) is 6.92 Å². The first-order chi connectivity index (χ1) is 8.88. The normalized spacial score (nSPS) is 16.5. The van der Waals surface area contributed by atoms with E-state index in [1.54, 1.807) is 0 Å². The van der Waals surface area contributed by atoms with Gasteiger partial charge in [0.15, 0.2) is 0 Å². The van der Waals surface area contributed by atoms with E-state index in [-0.39, 0.29) is 0 Å². The molecule has 1 aromatic heterocycles. The first kappa shape index (κ1) is 13.0. The second-order valence-electron chi connectivity index (χ2n) is 4.06. The highest BCUT2D eigenvalue weighted by Gasteiger charge is 2.09. The molecule has 0 radical (unpaired) electrons. The molecular formula is C12H20N4O2. The number of morpholine rings is 1. The zero-order chi connectivity index (χ0) is 12.6. The van der Waals surface area contributed by atoms with Gasteiger partial charge in [-0.1, -0.05) is 0 Å². The van der Waals surface area contributed by atoms with Gasteiger partial charge in [-0.3, -0.25) is 4.90 Å². The average Bonchev–Trinajstić information content (AvgIpc) is 2.41. The zero-order valence-electron chi connectivity index (χ0n) is 10.8. The van der Waals surface area contributed by atoms with Crippen molar-refractivity contribution in [3.05, 3.63) is 12.4 Å². The molecule has 1 N–H and O–H groups in total. The third-order valence-corrected chi connectivity index (χ3v) is 2.77. The predicted octanol–water partition coefficient (Wildman–Crippen LogP) is 0.619. The molecule has 0 aliphatic carbocycles. The van der Waals surface area contributed by atoms with E-state index in [9.17, 15) is 0 Å². The molecule has 0 spiro atoms. The van der Waals surface area contributed by atoms with Crippen molar-refractivity contribution in [2.24, 2.45) is 0 Å². The molecular weight excluding hydrogens is 232 g/mol. The topological polar surface area (TPSA) is 59.5 Å². The lowest BCUT2D eigenvalue weighted by Crippen LogP contribution is -2.39. The molecule has 6 heteroatoms.